The quantitative estimate of drug-likeness (QED) is 0.650. The summed E-state index contributed by atoms with van der Waals surface area (Å²) >= 11 is 11.8. The van der Waals surface area contributed by atoms with E-state index in [4.69, 9.17) is 27.9 Å². The second-order valence-corrected chi connectivity index (χ2v) is 5.47. The summed E-state index contributed by atoms with van der Waals surface area (Å²) < 4.78 is 18.4. The van der Waals surface area contributed by atoms with Crippen molar-refractivity contribution in [2.45, 2.75) is 13.0 Å². The van der Waals surface area contributed by atoms with Crippen molar-refractivity contribution in [3.05, 3.63) is 63.9 Å². The first kappa shape index (κ1) is 17.2. The molecule has 2 aromatic carbocycles. The van der Waals surface area contributed by atoms with Crippen LogP contribution in [0.5, 0.6) is 5.75 Å². The van der Waals surface area contributed by atoms with Crippen molar-refractivity contribution in [1.29, 1.82) is 0 Å². The van der Waals surface area contributed by atoms with Crippen LogP contribution in [0.1, 0.15) is 12.5 Å². The summed E-state index contributed by atoms with van der Waals surface area (Å²) in [5, 5.41) is 4.53. The van der Waals surface area contributed by atoms with Gasteiger partial charge in [-0.1, -0.05) is 35.3 Å². The maximum atomic E-state index is 13.0. The number of nitrogens with one attached hydrogen (secondary N) is 1. The summed E-state index contributed by atoms with van der Waals surface area (Å²) in [4.78, 5) is 11.9. The standard InChI is InChI=1S/C16H13Cl2FN2O2/c1-10(23-15-6-5-12(17)8-14(15)18)16(22)21-20-9-11-3-2-4-13(19)7-11/h2-10H,1H3,(H,21,22)/b20-9-/t10-/m0/s1. The van der Waals surface area contributed by atoms with Gasteiger partial charge in [-0.3, -0.25) is 4.79 Å². The van der Waals surface area contributed by atoms with Crippen LogP contribution in [0.3, 0.4) is 0 Å². The summed E-state index contributed by atoms with van der Waals surface area (Å²) in [6.45, 7) is 1.55. The van der Waals surface area contributed by atoms with Crippen molar-refractivity contribution >= 4 is 35.3 Å². The van der Waals surface area contributed by atoms with Crippen LogP contribution in [0.4, 0.5) is 4.39 Å². The smallest absolute Gasteiger partial charge is 0.280 e. The molecular weight excluding hydrogens is 342 g/mol. The van der Waals surface area contributed by atoms with Gasteiger partial charge in [0.25, 0.3) is 5.91 Å². The number of ether oxygens (including phenoxy) is 1. The molecular formula is C16H13Cl2FN2O2. The highest BCUT2D eigenvalue weighted by Crippen LogP contribution is 2.28. The van der Waals surface area contributed by atoms with Crippen LogP contribution >= 0.6 is 23.2 Å². The molecule has 0 aliphatic rings. The van der Waals surface area contributed by atoms with E-state index >= 15 is 0 Å². The number of hydrogen-bond acceptors (Lipinski definition) is 3. The van der Waals surface area contributed by atoms with E-state index in [0.717, 1.165) is 0 Å². The fraction of sp³-hybridized carbons (Fsp3) is 0.125. The number of rotatable bonds is 5. The molecule has 1 amide bonds. The Kier molecular flexibility index (Phi) is 5.96. The second-order valence-electron chi connectivity index (χ2n) is 4.62. The van der Waals surface area contributed by atoms with Gasteiger partial charge in [-0.05, 0) is 42.8 Å². The van der Waals surface area contributed by atoms with Gasteiger partial charge in [-0.25, -0.2) is 9.82 Å². The minimum absolute atomic E-state index is 0.306. The van der Waals surface area contributed by atoms with Crippen LogP contribution in [-0.2, 0) is 4.79 Å². The highest BCUT2D eigenvalue weighted by atomic mass is 35.5. The first-order chi connectivity index (χ1) is 11.0. The molecule has 0 fully saturated rings. The van der Waals surface area contributed by atoms with Crippen molar-refractivity contribution in [1.82, 2.24) is 5.43 Å². The number of amides is 1. The summed E-state index contributed by atoms with van der Waals surface area (Å²) in [7, 11) is 0. The molecule has 0 aliphatic heterocycles. The molecule has 0 aromatic heterocycles. The highest BCUT2D eigenvalue weighted by Gasteiger charge is 2.15. The Labute approximate surface area is 142 Å². The molecule has 0 saturated heterocycles. The SMILES string of the molecule is C[C@H](Oc1ccc(Cl)cc1Cl)C(=O)N/N=C\c1cccc(F)c1. The van der Waals surface area contributed by atoms with Crippen molar-refractivity contribution in [3.63, 3.8) is 0 Å². The molecule has 0 spiro atoms. The largest absolute Gasteiger partial charge is 0.479 e. The lowest BCUT2D eigenvalue weighted by atomic mass is 10.2. The summed E-state index contributed by atoms with van der Waals surface area (Å²) in [6, 6.07) is 10.5. The van der Waals surface area contributed by atoms with Crippen LogP contribution in [0.15, 0.2) is 47.6 Å². The molecule has 120 valence electrons. The molecule has 1 N–H and O–H groups in total. The fourth-order valence-corrected chi connectivity index (χ4v) is 2.12. The van der Waals surface area contributed by atoms with Crippen molar-refractivity contribution in [2.75, 3.05) is 0 Å². The summed E-state index contributed by atoms with van der Waals surface area (Å²) in [5.41, 5.74) is 2.84. The zero-order chi connectivity index (χ0) is 16.8. The molecule has 0 bridgehead atoms. The molecule has 0 heterocycles. The van der Waals surface area contributed by atoms with Crippen molar-refractivity contribution in [2.24, 2.45) is 5.10 Å². The number of benzene rings is 2. The van der Waals surface area contributed by atoms with E-state index in [1.165, 1.54) is 24.4 Å². The Bertz CT molecular complexity index is 738. The lowest BCUT2D eigenvalue weighted by molar-refractivity contribution is -0.127. The summed E-state index contributed by atoms with van der Waals surface area (Å²) in [6.07, 6.45) is 0.515. The molecule has 0 aliphatic carbocycles. The fourth-order valence-electron chi connectivity index (χ4n) is 1.66. The maximum Gasteiger partial charge on any atom is 0.280 e. The number of carbonyl (C=O) groups is 1. The van der Waals surface area contributed by atoms with Crippen LogP contribution < -0.4 is 10.2 Å². The predicted octanol–water partition coefficient (Wildman–Crippen LogP) is 4.05. The zero-order valence-electron chi connectivity index (χ0n) is 12.1. The molecule has 0 radical (unpaired) electrons. The number of nitrogens with zero attached hydrogens (tertiary/aromatic N) is 1. The number of carbonyl (C=O) groups excluding carboxylic acids is 1. The van der Waals surface area contributed by atoms with Gasteiger partial charge in [0.1, 0.15) is 11.6 Å². The molecule has 2 aromatic rings. The molecule has 7 heteroatoms. The number of halogens is 3. The van der Waals surface area contributed by atoms with Gasteiger partial charge in [0.05, 0.1) is 11.2 Å². The van der Waals surface area contributed by atoms with Crippen LogP contribution in [0.2, 0.25) is 10.0 Å². The third-order valence-electron chi connectivity index (χ3n) is 2.80. The van der Waals surface area contributed by atoms with E-state index in [0.29, 0.717) is 21.4 Å². The zero-order valence-corrected chi connectivity index (χ0v) is 13.6. The number of hydrazone groups is 1. The molecule has 23 heavy (non-hydrogen) atoms. The van der Waals surface area contributed by atoms with Gasteiger partial charge in [-0.2, -0.15) is 5.10 Å². The van der Waals surface area contributed by atoms with E-state index in [1.807, 2.05) is 0 Å². The van der Waals surface area contributed by atoms with E-state index < -0.39 is 12.0 Å². The first-order valence-electron chi connectivity index (χ1n) is 6.66. The van der Waals surface area contributed by atoms with Crippen molar-refractivity contribution < 1.29 is 13.9 Å². The normalized spacial score (nSPS) is 12.2. The molecule has 2 rings (SSSR count). The Morgan fingerprint density at radius 1 is 1.30 bits per heavy atom. The van der Waals surface area contributed by atoms with Crippen molar-refractivity contribution in [3.8, 4) is 5.75 Å². The highest BCUT2D eigenvalue weighted by molar-refractivity contribution is 6.35. The van der Waals surface area contributed by atoms with Gasteiger partial charge in [0, 0.05) is 5.02 Å². The first-order valence-corrected chi connectivity index (χ1v) is 7.41. The minimum atomic E-state index is -0.821. The molecule has 0 unspecified atom stereocenters. The lowest BCUT2D eigenvalue weighted by Crippen LogP contribution is -2.33. The van der Waals surface area contributed by atoms with Gasteiger partial charge in [0.2, 0.25) is 0 Å². The Balaban J connectivity index is 1.92. The lowest BCUT2D eigenvalue weighted by Gasteiger charge is -2.14. The van der Waals surface area contributed by atoms with Gasteiger partial charge >= 0.3 is 0 Å². The predicted molar refractivity (Wildman–Crippen MR) is 88.7 cm³/mol. The Morgan fingerprint density at radius 3 is 2.78 bits per heavy atom. The van der Waals surface area contributed by atoms with Gasteiger partial charge < -0.3 is 4.74 Å². The van der Waals surface area contributed by atoms with Crippen LogP contribution in [-0.4, -0.2) is 18.2 Å². The van der Waals surface area contributed by atoms with Crippen LogP contribution in [0, 0.1) is 5.82 Å². The van der Waals surface area contributed by atoms with E-state index in [1.54, 1.807) is 31.2 Å². The summed E-state index contributed by atoms with van der Waals surface area (Å²) in [5.74, 6) is -0.508. The average Bonchev–Trinajstić information content (AvgIpc) is 2.50. The number of hydrogen-bond donors (Lipinski definition) is 1. The molecule has 4 nitrogen and oxygen atoms in total. The topological polar surface area (TPSA) is 50.7 Å². The third kappa shape index (κ3) is 5.23. The minimum Gasteiger partial charge on any atom is -0.479 e. The van der Waals surface area contributed by atoms with E-state index in [9.17, 15) is 9.18 Å². The Morgan fingerprint density at radius 2 is 2.09 bits per heavy atom. The monoisotopic (exact) mass is 354 g/mol. The third-order valence-corrected chi connectivity index (χ3v) is 3.33. The average molecular weight is 355 g/mol. The second kappa shape index (κ2) is 7.94. The van der Waals surface area contributed by atoms with E-state index in [2.05, 4.69) is 10.5 Å². The molecule has 1 atom stereocenters. The van der Waals surface area contributed by atoms with Gasteiger partial charge in [-0.15, -0.1) is 0 Å². The molecule has 0 saturated carbocycles. The Hall–Kier alpha value is -2.11. The van der Waals surface area contributed by atoms with Crippen LogP contribution in [0.25, 0.3) is 0 Å². The maximum absolute atomic E-state index is 13.0. The van der Waals surface area contributed by atoms with E-state index in [-0.39, 0.29) is 5.82 Å². The van der Waals surface area contributed by atoms with Gasteiger partial charge in [0.15, 0.2) is 6.10 Å².